The predicted octanol–water partition coefficient (Wildman–Crippen LogP) is 5.14. The fourth-order valence-corrected chi connectivity index (χ4v) is 5.92. The van der Waals surface area contributed by atoms with Gasteiger partial charge in [-0.05, 0) is 51.0 Å². The lowest BCUT2D eigenvalue weighted by atomic mass is 10.1. The van der Waals surface area contributed by atoms with Crippen molar-refractivity contribution in [3.8, 4) is 16.9 Å². The van der Waals surface area contributed by atoms with E-state index in [1.165, 1.54) is 16.7 Å². The van der Waals surface area contributed by atoms with Crippen molar-refractivity contribution >= 4 is 40.3 Å². The molecule has 10 nitrogen and oxygen atoms in total. The molecule has 5 rings (SSSR count). The van der Waals surface area contributed by atoms with E-state index in [0.717, 1.165) is 0 Å². The van der Waals surface area contributed by atoms with Gasteiger partial charge in [-0.25, -0.2) is 28.7 Å². The summed E-state index contributed by atoms with van der Waals surface area (Å²) in [7, 11) is 3.70. The van der Waals surface area contributed by atoms with E-state index in [0.29, 0.717) is 47.3 Å². The Labute approximate surface area is 260 Å². The number of piperazine rings is 1. The first-order valence-electron chi connectivity index (χ1n) is 14.5. The summed E-state index contributed by atoms with van der Waals surface area (Å²) in [6.07, 6.45) is 1.31. The molecule has 2 atom stereocenters. The maximum absolute atomic E-state index is 15.1. The maximum atomic E-state index is 15.1. The quantitative estimate of drug-likeness (QED) is 0.274. The highest BCUT2D eigenvalue weighted by molar-refractivity contribution is 6.33. The zero-order valence-corrected chi connectivity index (χ0v) is 26.7. The number of rotatable bonds is 6. The van der Waals surface area contributed by atoms with Gasteiger partial charge in [-0.2, -0.15) is 4.98 Å². The molecular weight excluding hydrogens is 583 g/mol. The minimum atomic E-state index is -0.586. The van der Waals surface area contributed by atoms with Crippen LogP contribution < -0.4 is 15.5 Å². The highest BCUT2D eigenvalue weighted by Gasteiger charge is 2.34. The van der Waals surface area contributed by atoms with Crippen molar-refractivity contribution in [2.45, 2.75) is 52.6 Å². The van der Waals surface area contributed by atoms with Gasteiger partial charge in [-0.15, -0.1) is 0 Å². The average molecular weight is 619 g/mol. The third-order valence-electron chi connectivity index (χ3n) is 7.89. The van der Waals surface area contributed by atoms with Crippen LogP contribution in [-0.2, 0) is 4.79 Å². The van der Waals surface area contributed by atoms with Gasteiger partial charge in [0.2, 0.25) is 11.9 Å². The monoisotopic (exact) mass is 618 g/mol. The minimum absolute atomic E-state index is 0.0817. The van der Waals surface area contributed by atoms with E-state index in [1.54, 1.807) is 34.1 Å². The number of nitrogens with zero attached hydrogens (tertiary/aromatic N) is 8. The average Bonchev–Trinajstić information content (AvgIpc) is 2.97. The van der Waals surface area contributed by atoms with Crippen LogP contribution in [0.2, 0.25) is 5.02 Å². The van der Waals surface area contributed by atoms with Gasteiger partial charge in [0.15, 0.2) is 5.65 Å². The van der Waals surface area contributed by atoms with Crippen molar-refractivity contribution < 1.29 is 9.18 Å². The summed E-state index contributed by atoms with van der Waals surface area (Å²) in [6, 6.07) is 7.53. The van der Waals surface area contributed by atoms with E-state index in [2.05, 4.69) is 16.5 Å². The van der Waals surface area contributed by atoms with Crippen molar-refractivity contribution in [1.82, 2.24) is 29.4 Å². The van der Waals surface area contributed by atoms with Gasteiger partial charge < -0.3 is 14.7 Å². The van der Waals surface area contributed by atoms with Crippen LogP contribution in [-0.4, -0.2) is 74.6 Å². The van der Waals surface area contributed by atoms with Crippen molar-refractivity contribution in [3.63, 3.8) is 0 Å². The molecule has 0 radical (unpaired) electrons. The number of aromatic nitrogens is 5. The van der Waals surface area contributed by atoms with Gasteiger partial charge in [-0.1, -0.05) is 44.2 Å². The number of carbonyl (C=O) groups excluding carboxylic acids is 1. The van der Waals surface area contributed by atoms with Crippen molar-refractivity contribution in [2.75, 3.05) is 37.0 Å². The molecule has 230 valence electrons. The Morgan fingerprint density at radius 1 is 1.11 bits per heavy atom. The highest BCUT2D eigenvalue weighted by Crippen LogP contribution is 2.36. The fraction of sp³-hybridized carbons (Fsp3) is 0.375. The number of aryl methyl sites for hydroxylation is 1. The summed E-state index contributed by atoms with van der Waals surface area (Å²) < 4.78 is 16.5. The van der Waals surface area contributed by atoms with E-state index < -0.39 is 11.5 Å². The molecule has 3 aromatic heterocycles. The summed E-state index contributed by atoms with van der Waals surface area (Å²) in [5.74, 6) is 0.161. The topological polar surface area (TPSA) is 100 Å². The number of pyridine rings is 1. The molecule has 1 aliphatic rings. The van der Waals surface area contributed by atoms with Crippen LogP contribution in [0.1, 0.15) is 45.0 Å². The number of halogens is 2. The Bertz CT molecular complexity index is 1840. The second-order valence-electron chi connectivity index (χ2n) is 11.7. The summed E-state index contributed by atoms with van der Waals surface area (Å²) in [4.78, 5) is 51.2. The lowest BCUT2D eigenvalue weighted by molar-refractivity contribution is -0.128. The maximum Gasteiger partial charge on any atom is 0.355 e. The molecule has 1 amide bonds. The van der Waals surface area contributed by atoms with Gasteiger partial charge in [0.05, 0.1) is 33.2 Å². The molecule has 0 N–H and O–H groups in total. The third-order valence-corrected chi connectivity index (χ3v) is 8.18. The van der Waals surface area contributed by atoms with Crippen molar-refractivity contribution in [3.05, 3.63) is 75.7 Å². The van der Waals surface area contributed by atoms with Gasteiger partial charge in [0, 0.05) is 44.8 Å². The standard InChI is InChI=1S/C32H36ClFN8O2/c1-9-25(43)40-15-19(5)41(16-18(40)4)29-22-14-23(33)27(21-12-10-11-13-24(21)34)36-30(22)42(32(44)38-29)28-20(6)35-31(39(7)8)37-26(28)17(2)3/h9-14,17-19H,1,15-16H2,2-8H3. The predicted molar refractivity (Wildman–Crippen MR) is 172 cm³/mol. The molecule has 0 aliphatic carbocycles. The van der Waals surface area contributed by atoms with Crippen LogP contribution >= 0.6 is 11.6 Å². The number of amides is 1. The zero-order valence-electron chi connectivity index (χ0n) is 26.0. The number of hydrogen-bond donors (Lipinski definition) is 0. The molecule has 0 bridgehead atoms. The highest BCUT2D eigenvalue weighted by atomic mass is 35.5. The molecule has 0 spiro atoms. The number of carbonyl (C=O) groups is 1. The summed E-state index contributed by atoms with van der Waals surface area (Å²) >= 11 is 6.82. The first-order valence-corrected chi connectivity index (χ1v) is 14.9. The van der Waals surface area contributed by atoms with Crippen LogP contribution in [0, 0.1) is 12.7 Å². The van der Waals surface area contributed by atoms with Gasteiger partial charge in [0.1, 0.15) is 11.6 Å². The van der Waals surface area contributed by atoms with E-state index in [-0.39, 0.29) is 45.8 Å². The fourth-order valence-electron chi connectivity index (χ4n) is 5.67. The second-order valence-corrected chi connectivity index (χ2v) is 12.1. The Hall–Kier alpha value is -4.38. The van der Waals surface area contributed by atoms with Gasteiger partial charge in [0.25, 0.3) is 0 Å². The van der Waals surface area contributed by atoms with Crippen molar-refractivity contribution in [1.29, 1.82) is 0 Å². The largest absolute Gasteiger partial charge is 0.355 e. The zero-order chi connectivity index (χ0) is 32.0. The van der Waals surface area contributed by atoms with Crippen molar-refractivity contribution in [2.24, 2.45) is 0 Å². The van der Waals surface area contributed by atoms with Crippen LogP contribution in [0.4, 0.5) is 16.2 Å². The van der Waals surface area contributed by atoms with Gasteiger partial charge >= 0.3 is 5.69 Å². The number of fused-ring (bicyclic) bond motifs is 1. The lowest BCUT2D eigenvalue weighted by Crippen LogP contribution is -2.58. The summed E-state index contributed by atoms with van der Waals surface area (Å²) in [5, 5.41) is 0.708. The first-order chi connectivity index (χ1) is 20.8. The van der Waals surface area contributed by atoms with E-state index in [9.17, 15) is 9.59 Å². The molecule has 4 heterocycles. The Morgan fingerprint density at radius 2 is 1.82 bits per heavy atom. The second kappa shape index (κ2) is 12.0. The smallest absolute Gasteiger partial charge is 0.349 e. The molecule has 1 aromatic carbocycles. The lowest BCUT2D eigenvalue weighted by Gasteiger charge is -2.44. The first kappa shape index (κ1) is 31.1. The van der Waals surface area contributed by atoms with E-state index in [4.69, 9.17) is 21.6 Å². The van der Waals surface area contributed by atoms with E-state index in [1.807, 2.05) is 53.6 Å². The molecule has 12 heteroatoms. The van der Waals surface area contributed by atoms with Crippen LogP contribution in [0.25, 0.3) is 28.0 Å². The van der Waals surface area contributed by atoms with Crippen LogP contribution in [0.3, 0.4) is 0 Å². The summed E-state index contributed by atoms with van der Waals surface area (Å²) in [5.41, 5.74) is 1.73. The molecule has 2 unspecified atom stereocenters. The molecular formula is C32H36ClFN8O2. The molecule has 1 aliphatic heterocycles. The van der Waals surface area contributed by atoms with E-state index >= 15 is 4.39 Å². The molecule has 1 saturated heterocycles. The van der Waals surface area contributed by atoms with Crippen LogP contribution in [0.15, 0.2) is 47.8 Å². The van der Waals surface area contributed by atoms with Gasteiger partial charge in [-0.3, -0.25) is 4.79 Å². The Morgan fingerprint density at radius 3 is 2.45 bits per heavy atom. The molecule has 4 aromatic rings. The number of anilines is 2. The normalized spacial score (nSPS) is 17.0. The molecule has 0 saturated carbocycles. The number of hydrogen-bond acceptors (Lipinski definition) is 8. The minimum Gasteiger partial charge on any atom is -0.349 e. The summed E-state index contributed by atoms with van der Waals surface area (Å²) in [6.45, 7) is 14.1. The SMILES string of the molecule is C=CC(=O)N1CC(C)N(c2nc(=O)n(-c3c(C)nc(N(C)C)nc3C(C)C)c3nc(-c4ccccc4F)c(Cl)cc23)CC1C. The number of benzene rings is 1. The Kier molecular flexibility index (Phi) is 8.44. The molecule has 44 heavy (non-hydrogen) atoms. The van der Waals surface area contributed by atoms with Crippen LogP contribution in [0.5, 0.6) is 0 Å². The molecule has 1 fully saturated rings. The third kappa shape index (κ3) is 5.40. The Balaban J connectivity index is 1.84.